The van der Waals surface area contributed by atoms with Crippen molar-refractivity contribution in [1.82, 2.24) is 0 Å². The Morgan fingerprint density at radius 2 is 1.53 bits per heavy atom. The highest BCUT2D eigenvalue weighted by atomic mass is 16.5. The zero-order valence-electron chi connectivity index (χ0n) is 11.3. The van der Waals surface area contributed by atoms with Crippen LogP contribution in [0.2, 0.25) is 0 Å². The maximum atomic E-state index is 6.23. The van der Waals surface area contributed by atoms with E-state index >= 15 is 0 Å². The van der Waals surface area contributed by atoms with Crippen molar-refractivity contribution in [2.45, 2.75) is 12.5 Å². The van der Waals surface area contributed by atoms with Gasteiger partial charge in [0.1, 0.15) is 11.5 Å². The second-order valence-corrected chi connectivity index (χ2v) is 4.44. The Hall–Kier alpha value is -2.00. The number of methoxy groups -OCH3 is 2. The van der Waals surface area contributed by atoms with Crippen LogP contribution in [0.15, 0.2) is 48.5 Å². The summed E-state index contributed by atoms with van der Waals surface area (Å²) >= 11 is 0. The number of hydrogen-bond donors (Lipinski definition) is 1. The molecule has 0 saturated heterocycles. The predicted octanol–water partition coefficient (Wildman–Crippen LogP) is 2.95. The van der Waals surface area contributed by atoms with Crippen LogP contribution in [0, 0.1) is 0 Å². The second kappa shape index (κ2) is 6.25. The first kappa shape index (κ1) is 13.4. The van der Waals surface area contributed by atoms with E-state index in [0.29, 0.717) is 0 Å². The molecule has 0 aliphatic carbocycles. The van der Waals surface area contributed by atoms with Crippen LogP contribution in [0.25, 0.3) is 0 Å². The van der Waals surface area contributed by atoms with Gasteiger partial charge < -0.3 is 15.2 Å². The highest BCUT2D eigenvalue weighted by Crippen LogP contribution is 2.25. The average Bonchev–Trinajstić information content (AvgIpc) is 2.47. The first-order valence-electron chi connectivity index (χ1n) is 6.25. The van der Waals surface area contributed by atoms with E-state index in [2.05, 4.69) is 0 Å². The van der Waals surface area contributed by atoms with E-state index in [-0.39, 0.29) is 6.04 Å². The third-order valence-electron chi connectivity index (χ3n) is 3.09. The van der Waals surface area contributed by atoms with Crippen molar-refractivity contribution in [2.24, 2.45) is 5.73 Å². The van der Waals surface area contributed by atoms with E-state index in [0.717, 1.165) is 29.0 Å². The Balaban J connectivity index is 2.18. The van der Waals surface area contributed by atoms with Crippen molar-refractivity contribution in [3.8, 4) is 11.5 Å². The van der Waals surface area contributed by atoms with Crippen LogP contribution >= 0.6 is 0 Å². The van der Waals surface area contributed by atoms with Crippen molar-refractivity contribution in [3.05, 3.63) is 59.7 Å². The number of rotatable bonds is 5. The molecule has 0 radical (unpaired) electrons. The Bertz CT molecular complexity index is 503. The predicted molar refractivity (Wildman–Crippen MR) is 76.6 cm³/mol. The molecule has 0 aliphatic rings. The fraction of sp³-hybridized carbons (Fsp3) is 0.250. The average molecular weight is 257 g/mol. The number of ether oxygens (including phenoxy) is 2. The molecule has 0 saturated carbocycles. The molecule has 0 bridgehead atoms. The summed E-state index contributed by atoms with van der Waals surface area (Å²) in [4.78, 5) is 0. The molecule has 2 aromatic carbocycles. The Morgan fingerprint density at radius 3 is 2.05 bits per heavy atom. The van der Waals surface area contributed by atoms with Gasteiger partial charge >= 0.3 is 0 Å². The molecule has 2 aromatic rings. The third kappa shape index (κ3) is 3.48. The minimum absolute atomic E-state index is 0.0296. The minimum atomic E-state index is -0.0296. The largest absolute Gasteiger partial charge is 0.497 e. The van der Waals surface area contributed by atoms with E-state index < -0.39 is 0 Å². The summed E-state index contributed by atoms with van der Waals surface area (Å²) in [6.45, 7) is 0. The first-order valence-corrected chi connectivity index (χ1v) is 6.25. The molecule has 0 fully saturated rings. The van der Waals surface area contributed by atoms with Gasteiger partial charge in [-0.05, 0) is 29.7 Å². The molecule has 0 amide bonds. The van der Waals surface area contributed by atoms with Crippen LogP contribution in [-0.4, -0.2) is 14.2 Å². The van der Waals surface area contributed by atoms with Gasteiger partial charge in [-0.1, -0.05) is 30.3 Å². The lowest BCUT2D eigenvalue weighted by Crippen LogP contribution is -2.13. The number of nitrogens with two attached hydrogens (primary N) is 1. The molecule has 100 valence electrons. The molecule has 2 rings (SSSR count). The maximum absolute atomic E-state index is 6.23. The standard InChI is InChI=1S/C16H19NO2/c1-18-14-8-12(9-15(11-14)19-2)10-16(17)13-6-4-3-5-7-13/h3-9,11,16H,10,17H2,1-2H3. The monoisotopic (exact) mass is 257 g/mol. The quantitative estimate of drug-likeness (QED) is 0.895. The Labute approximate surface area is 114 Å². The van der Waals surface area contributed by atoms with Crippen molar-refractivity contribution in [1.29, 1.82) is 0 Å². The van der Waals surface area contributed by atoms with Gasteiger partial charge in [0, 0.05) is 12.1 Å². The van der Waals surface area contributed by atoms with Crippen molar-refractivity contribution in [3.63, 3.8) is 0 Å². The van der Waals surface area contributed by atoms with Crippen LogP contribution in [0.1, 0.15) is 17.2 Å². The van der Waals surface area contributed by atoms with E-state index in [1.807, 2.05) is 48.5 Å². The smallest absolute Gasteiger partial charge is 0.122 e. The zero-order chi connectivity index (χ0) is 13.7. The first-order chi connectivity index (χ1) is 9.22. The molecule has 3 nitrogen and oxygen atoms in total. The molecule has 19 heavy (non-hydrogen) atoms. The van der Waals surface area contributed by atoms with Gasteiger partial charge in [0.05, 0.1) is 14.2 Å². The van der Waals surface area contributed by atoms with Gasteiger partial charge in [0.25, 0.3) is 0 Å². The SMILES string of the molecule is COc1cc(CC(N)c2ccccc2)cc(OC)c1. The molecule has 2 N–H and O–H groups in total. The lowest BCUT2D eigenvalue weighted by molar-refractivity contribution is 0.393. The summed E-state index contributed by atoms with van der Waals surface area (Å²) in [6, 6.07) is 15.9. The van der Waals surface area contributed by atoms with Crippen LogP contribution in [-0.2, 0) is 6.42 Å². The fourth-order valence-corrected chi connectivity index (χ4v) is 2.06. The highest BCUT2D eigenvalue weighted by Gasteiger charge is 2.09. The zero-order valence-corrected chi connectivity index (χ0v) is 11.3. The summed E-state index contributed by atoms with van der Waals surface area (Å²) in [7, 11) is 3.30. The molecule has 3 heteroatoms. The second-order valence-electron chi connectivity index (χ2n) is 4.44. The summed E-state index contributed by atoms with van der Waals surface area (Å²) in [5, 5.41) is 0. The number of benzene rings is 2. The lowest BCUT2D eigenvalue weighted by atomic mass is 9.99. The van der Waals surface area contributed by atoms with Gasteiger partial charge in [0.2, 0.25) is 0 Å². The molecular formula is C16H19NO2. The summed E-state index contributed by atoms with van der Waals surface area (Å²) in [5.41, 5.74) is 8.46. The van der Waals surface area contributed by atoms with Crippen LogP contribution in [0.5, 0.6) is 11.5 Å². The molecule has 1 atom stereocenters. The van der Waals surface area contributed by atoms with Gasteiger partial charge in [-0.25, -0.2) is 0 Å². The van der Waals surface area contributed by atoms with Gasteiger partial charge in [-0.3, -0.25) is 0 Å². The van der Waals surface area contributed by atoms with Crippen LogP contribution in [0.3, 0.4) is 0 Å². The summed E-state index contributed by atoms with van der Waals surface area (Å²) in [6.07, 6.45) is 0.748. The highest BCUT2D eigenvalue weighted by molar-refractivity contribution is 5.39. The number of hydrogen-bond acceptors (Lipinski definition) is 3. The van der Waals surface area contributed by atoms with E-state index in [1.54, 1.807) is 14.2 Å². The summed E-state index contributed by atoms with van der Waals surface area (Å²) < 4.78 is 10.5. The Kier molecular flexibility index (Phi) is 4.42. The van der Waals surface area contributed by atoms with Gasteiger partial charge in [0.15, 0.2) is 0 Å². The Morgan fingerprint density at radius 1 is 0.947 bits per heavy atom. The lowest BCUT2D eigenvalue weighted by Gasteiger charge is -2.14. The van der Waals surface area contributed by atoms with E-state index in [1.165, 1.54) is 0 Å². The minimum Gasteiger partial charge on any atom is -0.497 e. The van der Waals surface area contributed by atoms with Crippen molar-refractivity contribution in [2.75, 3.05) is 14.2 Å². The molecule has 0 aromatic heterocycles. The van der Waals surface area contributed by atoms with E-state index in [9.17, 15) is 0 Å². The molecular weight excluding hydrogens is 238 g/mol. The molecule has 0 spiro atoms. The maximum Gasteiger partial charge on any atom is 0.122 e. The van der Waals surface area contributed by atoms with Gasteiger partial charge in [-0.2, -0.15) is 0 Å². The van der Waals surface area contributed by atoms with E-state index in [4.69, 9.17) is 15.2 Å². The van der Waals surface area contributed by atoms with Crippen LogP contribution < -0.4 is 15.2 Å². The molecule has 0 aliphatic heterocycles. The van der Waals surface area contributed by atoms with Crippen molar-refractivity contribution < 1.29 is 9.47 Å². The third-order valence-corrected chi connectivity index (χ3v) is 3.09. The molecule has 1 unspecified atom stereocenters. The van der Waals surface area contributed by atoms with Crippen LogP contribution in [0.4, 0.5) is 0 Å². The topological polar surface area (TPSA) is 44.5 Å². The normalized spacial score (nSPS) is 11.9. The molecule has 0 heterocycles. The van der Waals surface area contributed by atoms with Crippen molar-refractivity contribution >= 4 is 0 Å². The summed E-state index contributed by atoms with van der Waals surface area (Å²) in [5.74, 6) is 1.57. The van der Waals surface area contributed by atoms with Gasteiger partial charge in [-0.15, -0.1) is 0 Å². The fourth-order valence-electron chi connectivity index (χ4n) is 2.06.